The lowest BCUT2D eigenvalue weighted by molar-refractivity contribution is 0.0973. The number of aromatic nitrogens is 1. The molecule has 4 heteroatoms. The lowest BCUT2D eigenvalue weighted by Crippen LogP contribution is -2.14. The number of nitrogens with one attached hydrogen (secondary N) is 1. The molecule has 0 bridgehead atoms. The molecule has 0 aliphatic carbocycles. The summed E-state index contributed by atoms with van der Waals surface area (Å²) < 4.78 is 0. The number of benzene rings is 1. The van der Waals surface area contributed by atoms with Crippen molar-refractivity contribution in [2.75, 3.05) is 0 Å². The van der Waals surface area contributed by atoms with Gasteiger partial charge in [0.1, 0.15) is 10.8 Å². The zero-order chi connectivity index (χ0) is 11.9. The van der Waals surface area contributed by atoms with Gasteiger partial charge in [-0.2, -0.15) is 5.48 Å². The third-order valence-electron chi connectivity index (χ3n) is 2.17. The first-order valence-electron chi connectivity index (χ1n) is 5.34. The maximum atomic E-state index is 5.34. The van der Waals surface area contributed by atoms with Gasteiger partial charge in [-0.25, -0.2) is 4.98 Å². The van der Waals surface area contributed by atoms with Gasteiger partial charge >= 0.3 is 0 Å². The first-order chi connectivity index (χ1) is 8.34. The second-order valence-corrected chi connectivity index (χ2v) is 4.53. The summed E-state index contributed by atoms with van der Waals surface area (Å²) >= 11 is 1.60. The van der Waals surface area contributed by atoms with Gasteiger partial charge in [-0.15, -0.1) is 11.3 Å². The minimum atomic E-state index is 0.603. The summed E-state index contributed by atoms with van der Waals surface area (Å²) in [6.45, 7) is 4.47. The number of nitrogens with zero attached hydrogens (tertiary/aromatic N) is 1. The Bertz CT molecular complexity index is 454. The van der Waals surface area contributed by atoms with Crippen molar-refractivity contribution in [2.45, 2.75) is 13.0 Å². The molecule has 0 saturated carbocycles. The summed E-state index contributed by atoms with van der Waals surface area (Å²) in [5.41, 5.74) is 4.04. The second kappa shape index (κ2) is 6.18. The molecule has 0 saturated heterocycles. The van der Waals surface area contributed by atoms with Crippen LogP contribution in [-0.2, 0) is 17.8 Å². The van der Waals surface area contributed by atoms with Gasteiger partial charge in [0, 0.05) is 18.0 Å². The number of hydrogen-bond donors (Lipinski definition) is 1. The van der Waals surface area contributed by atoms with Crippen molar-refractivity contribution >= 4 is 11.3 Å². The normalized spacial score (nSPS) is 10.1. The molecule has 0 spiro atoms. The summed E-state index contributed by atoms with van der Waals surface area (Å²) in [6, 6.07) is 10.1. The first-order valence-corrected chi connectivity index (χ1v) is 6.22. The largest absolute Gasteiger partial charge is 0.413 e. The molecule has 0 aliphatic heterocycles. The number of hydroxylamine groups is 1. The van der Waals surface area contributed by atoms with Crippen LogP contribution >= 0.6 is 11.3 Å². The summed E-state index contributed by atoms with van der Waals surface area (Å²) in [5.74, 6) is 0.702. The molecule has 0 fully saturated rings. The van der Waals surface area contributed by atoms with E-state index >= 15 is 0 Å². The smallest absolute Gasteiger partial charge is 0.121 e. The van der Waals surface area contributed by atoms with Crippen molar-refractivity contribution < 1.29 is 4.84 Å². The molecule has 2 rings (SSSR count). The highest BCUT2D eigenvalue weighted by molar-refractivity contribution is 7.09. The fourth-order valence-electron chi connectivity index (χ4n) is 1.40. The Morgan fingerprint density at radius 1 is 1.35 bits per heavy atom. The molecule has 0 atom stereocenters. The molecule has 0 amide bonds. The maximum absolute atomic E-state index is 5.34. The first kappa shape index (κ1) is 11.8. The van der Waals surface area contributed by atoms with E-state index in [2.05, 4.69) is 29.2 Å². The van der Waals surface area contributed by atoms with E-state index in [1.54, 1.807) is 17.5 Å². The second-order valence-electron chi connectivity index (χ2n) is 3.55. The third kappa shape index (κ3) is 4.01. The van der Waals surface area contributed by atoms with Crippen LogP contribution in [0.15, 0.2) is 54.2 Å². The Morgan fingerprint density at radius 2 is 2.18 bits per heavy atom. The summed E-state index contributed by atoms with van der Waals surface area (Å²) in [4.78, 5) is 9.48. The van der Waals surface area contributed by atoms with Crippen molar-refractivity contribution in [1.82, 2.24) is 10.5 Å². The number of thiazole rings is 1. The van der Waals surface area contributed by atoms with Crippen LogP contribution < -0.4 is 5.48 Å². The average molecular weight is 246 g/mol. The maximum Gasteiger partial charge on any atom is 0.121 e. The van der Waals surface area contributed by atoms with Crippen LogP contribution in [-0.4, -0.2) is 4.98 Å². The number of hydrogen-bond acceptors (Lipinski definition) is 4. The van der Waals surface area contributed by atoms with Crippen LogP contribution in [0.4, 0.5) is 0 Å². The minimum absolute atomic E-state index is 0.603. The minimum Gasteiger partial charge on any atom is -0.413 e. The highest BCUT2D eigenvalue weighted by Gasteiger charge is 1.99. The molecular formula is C13H14N2OS. The molecule has 88 valence electrons. The van der Waals surface area contributed by atoms with Gasteiger partial charge in [-0.1, -0.05) is 36.9 Å². The topological polar surface area (TPSA) is 34.1 Å². The molecule has 17 heavy (non-hydrogen) atoms. The van der Waals surface area contributed by atoms with Crippen molar-refractivity contribution in [1.29, 1.82) is 0 Å². The van der Waals surface area contributed by atoms with E-state index in [1.165, 1.54) is 5.56 Å². The van der Waals surface area contributed by atoms with E-state index in [9.17, 15) is 0 Å². The van der Waals surface area contributed by atoms with Gasteiger partial charge in [0.05, 0.1) is 6.54 Å². The van der Waals surface area contributed by atoms with Crippen molar-refractivity contribution in [3.63, 3.8) is 0 Å². The standard InChI is InChI=1S/C13H14N2OS/c1-11(9-12-5-3-2-4-6-12)16-15-10-13-14-7-8-17-13/h2-8,15H,1,9-10H2. The molecule has 1 N–H and O–H groups in total. The van der Waals surface area contributed by atoms with Gasteiger partial charge in [0.2, 0.25) is 0 Å². The Labute approximate surface area is 105 Å². The van der Waals surface area contributed by atoms with Crippen LogP contribution in [0.2, 0.25) is 0 Å². The molecule has 0 unspecified atom stereocenters. The van der Waals surface area contributed by atoms with E-state index in [4.69, 9.17) is 4.84 Å². The van der Waals surface area contributed by atoms with Crippen molar-refractivity contribution in [3.05, 3.63) is 64.8 Å². The highest BCUT2D eigenvalue weighted by Crippen LogP contribution is 2.07. The number of allylic oxidation sites excluding steroid dienone is 1. The predicted octanol–water partition coefficient (Wildman–Crippen LogP) is 2.92. The molecule has 1 aromatic carbocycles. The van der Waals surface area contributed by atoms with E-state index in [0.29, 0.717) is 18.7 Å². The van der Waals surface area contributed by atoms with Gasteiger partial charge in [0.15, 0.2) is 0 Å². The SMILES string of the molecule is C=C(Cc1ccccc1)ONCc1nccs1. The predicted molar refractivity (Wildman–Crippen MR) is 69.3 cm³/mol. The Balaban J connectivity index is 1.71. The molecular weight excluding hydrogens is 232 g/mol. The number of rotatable bonds is 6. The molecule has 3 nitrogen and oxygen atoms in total. The monoisotopic (exact) mass is 246 g/mol. The quantitative estimate of drug-likeness (QED) is 0.628. The van der Waals surface area contributed by atoms with Gasteiger partial charge < -0.3 is 4.84 Å². The van der Waals surface area contributed by atoms with Crippen LogP contribution in [0.5, 0.6) is 0 Å². The zero-order valence-corrected chi connectivity index (χ0v) is 10.2. The van der Waals surface area contributed by atoms with E-state index in [-0.39, 0.29) is 0 Å². The van der Waals surface area contributed by atoms with Gasteiger partial charge in [-0.05, 0) is 5.56 Å². The summed E-state index contributed by atoms with van der Waals surface area (Å²) in [7, 11) is 0. The van der Waals surface area contributed by atoms with Crippen LogP contribution in [0.25, 0.3) is 0 Å². The van der Waals surface area contributed by atoms with Crippen LogP contribution in [0, 0.1) is 0 Å². The Hall–Kier alpha value is -1.65. The fraction of sp³-hybridized carbons (Fsp3) is 0.154. The van der Waals surface area contributed by atoms with Gasteiger partial charge in [0.25, 0.3) is 0 Å². The Kier molecular flexibility index (Phi) is 4.30. The fourth-order valence-corrected chi connectivity index (χ4v) is 1.94. The highest BCUT2D eigenvalue weighted by atomic mass is 32.1. The van der Waals surface area contributed by atoms with Crippen molar-refractivity contribution in [3.8, 4) is 0 Å². The lowest BCUT2D eigenvalue weighted by atomic mass is 10.1. The van der Waals surface area contributed by atoms with E-state index < -0.39 is 0 Å². The Morgan fingerprint density at radius 3 is 2.88 bits per heavy atom. The molecule has 0 aliphatic rings. The van der Waals surface area contributed by atoms with Crippen molar-refractivity contribution in [2.24, 2.45) is 0 Å². The molecule has 1 aromatic heterocycles. The van der Waals surface area contributed by atoms with Gasteiger partial charge in [-0.3, -0.25) is 0 Å². The van der Waals surface area contributed by atoms with E-state index in [1.807, 2.05) is 23.6 Å². The lowest BCUT2D eigenvalue weighted by Gasteiger charge is -2.08. The average Bonchev–Trinajstić information content (AvgIpc) is 2.83. The molecule has 1 heterocycles. The molecule has 0 radical (unpaired) electrons. The summed E-state index contributed by atoms with van der Waals surface area (Å²) in [5, 5.41) is 2.94. The molecule has 2 aromatic rings. The van der Waals surface area contributed by atoms with Crippen LogP contribution in [0.1, 0.15) is 10.6 Å². The summed E-state index contributed by atoms with van der Waals surface area (Å²) in [6.07, 6.45) is 2.49. The van der Waals surface area contributed by atoms with E-state index in [0.717, 1.165) is 5.01 Å². The zero-order valence-electron chi connectivity index (χ0n) is 9.43. The van der Waals surface area contributed by atoms with Crippen LogP contribution in [0.3, 0.4) is 0 Å². The third-order valence-corrected chi connectivity index (χ3v) is 2.95.